The first-order valence-corrected chi connectivity index (χ1v) is 8.04. The van der Waals surface area contributed by atoms with Crippen LogP contribution in [0.5, 0.6) is 5.75 Å². The van der Waals surface area contributed by atoms with E-state index in [4.69, 9.17) is 9.72 Å². The summed E-state index contributed by atoms with van der Waals surface area (Å²) in [6.07, 6.45) is 2.02. The van der Waals surface area contributed by atoms with Crippen LogP contribution >= 0.6 is 0 Å². The minimum atomic E-state index is 0.773. The summed E-state index contributed by atoms with van der Waals surface area (Å²) in [5.74, 6) is 8.12. The van der Waals surface area contributed by atoms with E-state index in [2.05, 4.69) is 28.4 Å². The van der Waals surface area contributed by atoms with Crippen LogP contribution in [0.15, 0.2) is 79.0 Å². The Hall–Kier alpha value is -3.51. The third kappa shape index (κ3) is 2.98. The predicted octanol–water partition coefficient (Wildman–Crippen LogP) is 4.41. The van der Waals surface area contributed by atoms with Gasteiger partial charge in [0, 0.05) is 17.3 Å². The second-order valence-corrected chi connectivity index (χ2v) is 5.58. The van der Waals surface area contributed by atoms with Crippen LogP contribution in [0.25, 0.3) is 16.9 Å². The highest BCUT2D eigenvalue weighted by Crippen LogP contribution is 2.22. The Morgan fingerprint density at radius 1 is 0.840 bits per heavy atom. The Labute approximate surface area is 146 Å². The van der Waals surface area contributed by atoms with Gasteiger partial charge in [0.2, 0.25) is 0 Å². The van der Waals surface area contributed by atoms with Crippen LogP contribution in [0.3, 0.4) is 0 Å². The molecule has 0 radical (unpaired) electrons. The standard InChI is InChI=1S/C22H16N2O/c1-25-19-13-10-17(11-14-19)12-15-20-21-9-5-6-16-24(21)22(23-20)18-7-3-2-4-8-18/h2-11,13-14,16H,1H3. The van der Waals surface area contributed by atoms with Crippen molar-refractivity contribution in [2.24, 2.45) is 0 Å². The van der Waals surface area contributed by atoms with E-state index >= 15 is 0 Å². The number of fused-ring (bicyclic) bond motifs is 1. The molecule has 2 aromatic carbocycles. The molecular weight excluding hydrogens is 308 g/mol. The van der Waals surface area contributed by atoms with E-state index in [9.17, 15) is 0 Å². The highest BCUT2D eigenvalue weighted by Gasteiger charge is 2.10. The summed E-state index contributed by atoms with van der Waals surface area (Å²) in [6, 6.07) is 23.9. The highest BCUT2D eigenvalue weighted by molar-refractivity contribution is 5.69. The number of pyridine rings is 1. The van der Waals surface area contributed by atoms with Gasteiger partial charge in [-0.2, -0.15) is 0 Å². The highest BCUT2D eigenvalue weighted by atomic mass is 16.5. The first-order chi connectivity index (χ1) is 12.3. The van der Waals surface area contributed by atoms with Crippen molar-refractivity contribution in [3.05, 3.63) is 90.3 Å². The summed E-state index contributed by atoms with van der Waals surface area (Å²) in [4.78, 5) is 4.77. The third-order valence-electron chi connectivity index (χ3n) is 4.00. The molecule has 25 heavy (non-hydrogen) atoms. The van der Waals surface area contributed by atoms with Gasteiger partial charge in [0.1, 0.15) is 17.3 Å². The van der Waals surface area contributed by atoms with Gasteiger partial charge in [-0.05, 0) is 42.3 Å². The third-order valence-corrected chi connectivity index (χ3v) is 4.00. The Morgan fingerprint density at radius 2 is 1.60 bits per heavy atom. The maximum Gasteiger partial charge on any atom is 0.146 e. The second kappa shape index (κ2) is 6.54. The van der Waals surface area contributed by atoms with Crippen LogP contribution in [0, 0.1) is 11.8 Å². The molecule has 0 aliphatic carbocycles. The molecule has 3 nitrogen and oxygen atoms in total. The summed E-state index contributed by atoms with van der Waals surface area (Å²) in [5.41, 5.74) is 3.78. The maximum absolute atomic E-state index is 5.18. The Balaban J connectivity index is 1.79. The molecule has 4 rings (SSSR count). The second-order valence-electron chi connectivity index (χ2n) is 5.58. The van der Waals surface area contributed by atoms with Gasteiger partial charge in [-0.1, -0.05) is 42.3 Å². The summed E-state index contributed by atoms with van der Waals surface area (Å²) < 4.78 is 7.25. The van der Waals surface area contributed by atoms with Gasteiger partial charge in [0.05, 0.1) is 12.6 Å². The van der Waals surface area contributed by atoms with Gasteiger partial charge in [0.15, 0.2) is 0 Å². The molecule has 0 aliphatic heterocycles. The van der Waals surface area contributed by atoms with E-state index in [1.165, 1.54) is 0 Å². The molecule has 0 saturated heterocycles. The maximum atomic E-state index is 5.18. The summed E-state index contributed by atoms with van der Waals surface area (Å²) in [7, 11) is 1.66. The van der Waals surface area contributed by atoms with Gasteiger partial charge >= 0.3 is 0 Å². The Kier molecular flexibility index (Phi) is 3.94. The van der Waals surface area contributed by atoms with E-state index < -0.39 is 0 Å². The molecule has 0 saturated carbocycles. The fourth-order valence-electron chi connectivity index (χ4n) is 2.73. The number of methoxy groups -OCH3 is 1. The zero-order valence-corrected chi connectivity index (χ0v) is 13.8. The van der Waals surface area contributed by atoms with Gasteiger partial charge in [0.25, 0.3) is 0 Å². The molecule has 0 amide bonds. The zero-order chi connectivity index (χ0) is 17.1. The fraction of sp³-hybridized carbons (Fsp3) is 0.0455. The minimum Gasteiger partial charge on any atom is -0.497 e. The summed E-state index contributed by atoms with van der Waals surface area (Å²) in [5, 5.41) is 0. The summed E-state index contributed by atoms with van der Waals surface area (Å²) >= 11 is 0. The lowest BCUT2D eigenvalue weighted by atomic mass is 10.2. The van der Waals surface area contributed by atoms with Crippen molar-refractivity contribution >= 4 is 5.52 Å². The van der Waals surface area contributed by atoms with Gasteiger partial charge in [-0.3, -0.25) is 4.40 Å². The minimum absolute atomic E-state index is 0.773. The quantitative estimate of drug-likeness (QED) is 0.511. The largest absolute Gasteiger partial charge is 0.497 e. The molecule has 0 N–H and O–H groups in total. The van der Waals surface area contributed by atoms with Gasteiger partial charge in [-0.25, -0.2) is 4.98 Å². The van der Waals surface area contributed by atoms with Crippen LogP contribution in [0.1, 0.15) is 11.3 Å². The Bertz CT molecular complexity index is 1070. The number of ether oxygens (including phenoxy) is 1. The van der Waals surface area contributed by atoms with Crippen LogP contribution in [-0.2, 0) is 0 Å². The first kappa shape index (κ1) is 15.0. The van der Waals surface area contributed by atoms with Crippen LogP contribution in [0.4, 0.5) is 0 Å². The molecular formula is C22H16N2O. The lowest BCUT2D eigenvalue weighted by Crippen LogP contribution is -1.87. The number of rotatable bonds is 2. The number of benzene rings is 2. The van der Waals surface area contributed by atoms with E-state index in [0.29, 0.717) is 0 Å². The van der Waals surface area contributed by atoms with E-state index in [-0.39, 0.29) is 0 Å². The van der Waals surface area contributed by atoms with Gasteiger partial charge < -0.3 is 4.74 Å². The fourth-order valence-corrected chi connectivity index (χ4v) is 2.73. The smallest absolute Gasteiger partial charge is 0.146 e. The SMILES string of the molecule is COc1ccc(C#Cc2nc(-c3ccccc3)n3ccccc23)cc1. The summed E-state index contributed by atoms with van der Waals surface area (Å²) in [6.45, 7) is 0. The molecule has 0 bridgehead atoms. The van der Waals surface area contributed by atoms with Crippen molar-refractivity contribution < 1.29 is 4.74 Å². The number of aromatic nitrogens is 2. The molecule has 0 spiro atoms. The van der Waals surface area contributed by atoms with Crippen molar-refractivity contribution in [3.8, 4) is 29.0 Å². The lowest BCUT2D eigenvalue weighted by molar-refractivity contribution is 0.415. The van der Waals surface area contributed by atoms with Crippen molar-refractivity contribution in [2.75, 3.05) is 7.11 Å². The molecule has 4 aromatic rings. The molecule has 0 aliphatic rings. The van der Waals surface area contributed by atoms with Crippen molar-refractivity contribution in [2.45, 2.75) is 0 Å². The number of nitrogens with zero attached hydrogens (tertiary/aromatic N) is 2. The van der Waals surface area contributed by atoms with Crippen molar-refractivity contribution in [1.29, 1.82) is 0 Å². The number of imidazole rings is 1. The molecule has 0 atom stereocenters. The van der Waals surface area contributed by atoms with Crippen molar-refractivity contribution in [3.63, 3.8) is 0 Å². The first-order valence-electron chi connectivity index (χ1n) is 8.04. The topological polar surface area (TPSA) is 26.5 Å². The normalized spacial score (nSPS) is 10.3. The van der Waals surface area contributed by atoms with E-state index in [0.717, 1.165) is 33.9 Å². The van der Waals surface area contributed by atoms with E-state index in [1.807, 2.05) is 66.9 Å². The van der Waals surface area contributed by atoms with Gasteiger partial charge in [-0.15, -0.1) is 0 Å². The molecule has 0 unspecified atom stereocenters. The molecule has 2 heterocycles. The average molecular weight is 324 g/mol. The molecule has 120 valence electrons. The van der Waals surface area contributed by atoms with Crippen LogP contribution in [0.2, 0.25) is 0 Å². The Morgan fingerprint density at radius 3 is 2.36 bits per heavy atom. The lowest BCUT2D eigenvalue weighted by Gasteiger charge is -1.99. The monoisotopic (exact) mass is 324 g/mol. The molecule has 3 heteroatoms. The van der Waals surface area contributed by atoms with E-state index in [1.54, 1.807) is 7.11 Å². The predicted molar refractivity (Wildman–Crippen MR) is 99.6 cm³/mol. The average Bonchev–Trinajstić information content (AvgIpc) is 3.06. The van der Waals surface area contributed by atoms with Crippen LogP contribution < -0.4 is 4.74 Å². The van der Waals surface area contributed by atoms with Crippen LogP contribution in [-0.4, -0.2) is 16.5 Å². The zero-order valence-electron chi connectivity index (χ0n) is 13.8. The molecule has 2 aromatic heterocycles. The molecule has 0 fully saturated rings. The number of hydrogen-bond donors (Lipinski definition) is 0. The number of hydrogen-bond acceptors (Lipinski definition) is 2. The van der Waals surface area contributed by atoms with Crippen molar-refractivity contribution in [1.82, 2.24) is 9.38 Å².